The normalized spacial score (nSPS) is 19.5. The van der Waals surface area contributed by atoms with Gasteiger partial charge in [0, 0.05) is 12.8 Å². The summed E-state index contributed by atoms with van der Waals surface area (Å²) >= 11 is 0. The Bertz CT molecular complexity index is 657. The van der Waals surface area contributed by atoms with E-state index < -0.39 is 18.1 Å². The Morgan fingerprint density at radius 2 is 1.74 bits per heavy atom. The molecular formula is C29H49NO5. The molecule has 4 atom stereocenters. The first-order chi connectivity index (χ1) is 16.9. The summed E-state index contributed by atoms with van der Waals surface area (Å²) in [5, 5.41) is 2.59. The highest BCUT2D eigenvalue weighted by Gasteiger charge is 2.43. The average Bonchev–Trinajstić information content (AvgIpc) is 2.81. The van der Waals surface area contributed by atoms with E-state index >= 15 is 0 Å². The Kier molecular flexibility index (Phi) is 16.9. The maximum atomic E-state index is 12.8. The van der Waals surface area contributed by atoms with Gasteiger partial charge in [-0.3, -0.25) is 9.59 Å². The quantitative estimate of drug-likeness (QED) is 0.0865. The van der Waals surface area contributed by atoms with E-state index in [9.17, 15) is 14.4 Å². The van der Waals surface area contributed by atoms with E-state index in [1.54, 1.807) is 0 Å². The van der Waals surface area contributed by atoms with Crippen molar-refractivity contribution in [2.75, 3.05) is 0 Å². The summed E-state index contributed by atoms with van der Waals surface area (Å²) in [6, 6.07) is -0.668. The summed E-state index contributed by atoms with van der Waals surface area (Å²) in [6.45, 7) is 8.37. The largest absolute Gasteiger partial charge is 0.461 e. The van der Waals surface area contributed by atoms with Crippen molar-refractivity contribution in [3.8, 4) is 0 Å². The maximum Gasteiger partial charge on any atom is 0.328 e. The van der Waals surface area contributed by atoms with E-state index in [2.05, 4.69) is 37.4 Å². The molecule has 0 unspecified atom stereocenters. The first-order valence-electron chi connectivity index (χ1n) is 13.8. The Morgan fingerprint density at radius 1 is 1.03 bits per heavy atom. The Labute approximate surface area is 213 Å². The molecule has 1 saturated heterocycles. The number of amides is 1. The Hall–Kier alpha value is -2.11. The molecular weight excluding hydrogens is 442 g/mol. The van der Waals surface area contributed by atoms with E-state index in [0.717, 1.165) is 38.5 Å². The van der Waals surface area contributed by atoms with Crippen LogP contribution in [0.5, 0.6) is 0 Å². The number of nitrogens with one attached hydrogen (secondary N) is 1. The van der Waals surface area contributed by atoms with Crippen molar-refractivity contribution in [1.82, 2.24) is 5.32 Å². The minimum absolute atomic E-state index is 0.109. The van der Waals surface area contributed by atoms with Gasteiger partial charge < -0.3 is 14.8 Å². The number of esters is 2. The molecule has 0 bridgehead atoms. The van der Waals surface area contributed by atoms with Gasteiger partial charge in [0.25, 0.3) is 0 Å². The second-order valence-corrected chi connectivity index (χ2v) is 10.1. The number of rotatable bonds is 21. The topological polar surface area (TPSA) is 81.7 Å². The van der Waals surface area contributed by atoms with Crippen LogP contribution in [0.2, 0.25) is 0 Å². The lowest BCUT2D eigenvalue weighted by molar-refractivity contribution is -0.190. The summed E-state index contributed by atoms with van der Waals surface area (Å²) in [5.74, 6) is -0.434. The highest BCUT2D eigenvalue weighted by molar-refractivity contribution is 5.79. The fraction of sp³-hybridized carbons (Fsp3) is 0.759. The number of unbranched alkanes of at least 4 members (excludes halogenated alkanes) is 6. The molecule has 6 nitrogen and oxygen atoms in total. The lowest BCUT2D eigenvalue weighted by Gasteiger charge is -2.37. The molecule has 6 heteroatoms. The van der Waals surface area contributed by atoms with Crippen LogP contribution in [-0.4, -0.2) is 36.6 Å². The van der Waals surface area contributed by atoms with Crippen LogP contribution in [0.3, 0.4) is 0 Å². The first-order valence-corrected chi connectivity index (χ1v) is 13.8. The third kappa shape index (κ3) is 13.5. The van der Waals surface area contributed by atoms with E-state index in [4.69, 9.17) is 9.47 Å². The van der Waals surface area contributed by atoms with Gasteiger partial charge in [-0.1, -0.05) is 90.5 Å². The summed E-state index contributed by atoms with van der Waals surface area (Å²) in [6.07, 6.45) is 21.0. The van der Waals surface area contributed by atoms with Crippen molar-refractivity contribution in [3.63, 3.8) is 0 Å². The van der Waals surface area contributed by atoms with Crippen molar-refractivity contribution in [1.29, 1.82) is 0 Å². The van der Waals surface area contributed by atoms with Gasteiger partial charge in [-0.05, 0) is 38.0 Å². The molecule has 0 aromatic rings. The van der Waals surface area contributed by atoms with E-state index in [0.29, 0.717) is 25.7 Å². The van der Waals surface area contributed by atoms with Gasteiger partial charge in [0.15, 0.2) is 0 Å². The molecule has 35 heavy (non-hydrogen) atoms. The molecule has 1 N–H and O–H groups in total. The number of allylic oxidation sites excluding steroid dienone is 3. The highest BCUT2D eigenvalue weighted by Crippen LogP contribution is 2.32. The van der Waals surface area contributed by atoms with Crippen molar-refractivity contribution >= 4 is 18.3 Å². The molecule has 0 spiro atoms. The molecule has 0 saturated carbocycles. The monoisotopic (exact) mass is 491 g/mol. The lowest BCUT2D eigenvalue weighted by atomic mass is 9.87. The standard InChI is InChI=1S/C29H49NO5/c1-5-7-9-11-12-13-14-15-16-18-24(34-29(33)26(30-22-31)20-23(3)4)21-27-25(28(32)35-27)19-17-10-8-6-2/h12-13,15-16,22-27H,5-11,14,17-21H2,1-4H3,(H,30,31)/b13-12-,16-15-/t24-,25-,26-,27-/m0/s1. The van der Waals surface area contributed by atoms with Gasteiger partial charge in [-0.15, -0.1) is 0 Å². The highest BCUT2D eigenvalue weighted by atomic mass is 16.6. The molecule has 1 aliphatic rings. The molecule has 1 aliphatic heterocycles. The second-order valence-electron chi connectivity index (χ2n) is 10.1. The van der Waals surface area contributed by atoms with Crippen LogP contribution in [0.1, 0.15) is 111 Å². The number of ether oxygens (including phenoxy) is 2. The van der Waals surface area contributed by atoms with Gasteiger partial charge >= 0.3 is 11.9 Å². The van der Waals surface area contributed by atoms with E-state index in [-0.39, 0.29) is 23.9 Å². The molecule has 0 aromatic heterocycles. The van der Waals surface area contributed by atoms with Gasteiger partial charge in [0.2, 0.25) is 6.41 Å². The van der Waals surface area contributed by atoms with Crippen LogP contribution >= 0.6 is 0 Å². The van der Waals surface area contributed by atoms with E-state index in [1.807, 2.05) is 19.9 Å². The van der Waals surface area contributed by atoms with Crippen LogP contribution in [-0.2, 0) is 23.9 Å². The number of hydrogen-bond donors (Lipinski definition) is 1. The van der Waals surface area contributed by atoms with Gasteiger partial charge in [-0.2, -0.15) is 0 Å². The fourth-order valence-corrected chi connectivity index (χ4v) is 4.34. The molecule has 0 aliphatic carbocycles. The van der Waals surface area contributed by atoms with Crippen LogP contribution in [0.25, 0.3) is 0 Å². The molecule has 0 aromatic carbocycles. The maximum absolute atomic E-state index is 12.8. The SMILES string of the molecule is CCCCC/C=C\C/C=C\C[C@@H](C[C@@H]1OC(=O)[C@H]1CCCCCC)OC(=O)[C@H](CC(C)C)NC=O. The Morgan fingerprint density at radius 3 is 2.40 bits per heavy atom. The van der Waals surface area contributed by atoms with Crippen LogP contribution in [0.4, 0.5) is 0 Å². The summed E-state index contributed by atoms with van der Waals surface area (Å²) < 4.78 is 11.3. The van der Waals surface area contributed by atoms with Crippen molar-refractivity contribution < 1.29 is 23.9 Å². The first kappa shape index (κ1) is 30.9. The predicted molar refractivity (Wildman–Crippen MR) is 141 cm³/mol. The smallest absolute Gasteiger partial charge is 0.328 e. The van der Waals surface area contributed by atoms with Crippen LogP contribution in [0, 0.1) is 11.8 Å². The van der Waals surface area contributed by atoms with Gasteiger partial charge in [0.1, 0.15) is 18.2 Å². The second kappa shape index (κ2) is 19.1. The van der Waals surface area contributed by atoms with Gasteiger partial charge in [-0.25, -0.2) is 4.79 Å². The molecule has 1 fully saturated rings. The molecule has 1 rings (SSSR count). The zero-order valence-corrected chi connectivity index (χ0v) is 22.5. The minimum Gasteiger partial charge on any atom is -0.461 e. The number of carbonyl (C=O) groups is 3. The van der Waals surface area contributed by atoms with Crippen molar-refractivity contribution in [2.24, 2.45) is 11.8 Å². The fourth-order valence-electron chi connectivity index (χ4n) is 4.34. The van der Waals surface area contributed by atoms with Crippen molar-refractivity contribution in [3.05, 3.63) is 24.3 Å². The summed E-state index contributed by atoms with van der Waals surface area (Å²) in [5.41, 5.74) is 0. The van der Waals surface area contributed by atoms with Crippen molar-refractivity contribution in [2.45, 2.75) is 129 Å². The number of cyclic esters (lactones) is 1. The molecule has 0 radical (unpaired) electrons. The molecule has 1 heterocycles. The Balaban J connectivity index is 2.70. The average molecular weight is 492 g/mol. The third-order valence-corrected chi connectivity index (χ3v) is 6.41. The van der Waals surface area contributed by atoms with Crippen LogP contribution in [0.15, 0.2) is 24.3 Å². The van der Waals surface area contributed by atoms with Crippen LogP contribution < -0.4 is 5.32 Å². The predicted octanol–water partition coefficient (Wildman–Crippen LogP) is 6.43. The summed E-state index contributed by atoms with van der Waals surface area (Å²) in [7, 11) is 0. The lowest BCUT2D eigenvalue weighted by Crippen LogP contribution is -2.48. The summed E-state index contributed by atoms with van der Waals surface area (Å²) in [4.78, 5) is 35.9. The molecule has 200 valence electrons. The zero-order valence-electron chi connectivity index (χ0n) is 22.5. The van der Waals surface area contributed by atoms with E-state index in [1.165, 1.54) is 25.7 Å². The zero-order chi connectivity index (χ0) is 25.9. The number of carbonyl (C=O) groups excluding carboxylic acids is 3. The minimum atomic E-state index is -0.668. The third-order valence-electron chi connectivity index (χ3n) is 6.41. The van der Waals surface area contributed by atoms with Gasteiger partial charge in [0.05, 0.1) is 5.92 Å². The number of hydrogen-bond acceptors (Lipinski definition) is 5. The molecule has 1 amide bonds.